The third-order valence-electron chi connectivity index (χ3n) is 3.10. The molecule has 0 spiro atoms. The lowest BCUT2D eigenvalue weighted by Gasteiger charge is -2.23. The number of amidine groups is 1. The van der Waals surface area contributed by atoms with Crippen LogP contribution in [0.2, 0.25) is 0 Å². The molecule has 7 heteroatoms. The largest absolute Gasteiger partial charge is 0.409 e. The summed E-state index contributed by atoms with van der Waals surface area (Å²) in [5.74, 6) is 0.0780. The Morgan fingerprint density at radius 3 is 2.76 bits per heavy atom. The maximum Gasteiger partial charge on any atom is 0.174 e. The summed E-state index contributed by atoms with van der Waals surface area (Å²) in [6.45, 7) is 4.53. The van der Waals surface area contributed by atoms with E-state index in [4.69, 9.17) is 10.9 Å². The zero-order valence-corrected chi connectivity index (χ0v) is 14.5. The van der Waals surface area contributed by atoms with Gasteiger partial charge in [0.15, 0.2) is 5.84 Å². The zero-order chi connectivity index (χ0) is 15.6. The second-order valence-corrected chi connectivity index (χ2v) is 6.73. The molecule has 0 atom stereocenters. The number of pyridine rings is 1. The Bertz CT molecular complexity index is 684. The van der Waals surface area contributed by atoms with Crippen molar-refractivity contribution in [2.24, 2.45) is 10.9 Å². The zero-order valence-electron chi connectivity index (χ0n) is 12.1. The normalized spacial score (nSPS) is 11.7. The molecular weight excluding hydrogens is 352 g/mol. The first-order chi connectivity index (χ1) is 9.92. The monoisotopic (exact) mass is 368 g/mol. The van der Waals surface area contributed by atoms with Gasteiger partial charge in [-0.2, -0.15) is 0 Å². The van der Waals surface area contributed by atoms with Crippen LogP contribution in [0.5, 0.6) is 0 Å². The molecule has 2 aromatic rings. The average molecular weight is 369 g/mol. The number of hydrogen-bond acceptors (Lipinski definition) is 5. The second-order valence-electron chi connectivity index (χ2n) is 4.82. The van der Waals surface area contributed by atoms with Gasteiger partial charge in [-0.25, -0.2) is 0 Å². The molecule has 3 N–H and O–H groups in total. The van der Waals surface area contributed by atoms with E-state index in [1.54, 1.807) is 11.3 Å². The van der Waals surface area contributed by atoms with Crippen molar-refractivity contribution in [3.63, 3.8) is 0 Å². The first-order valence-electron chi connectivity index (χ1n) is 6.32. The highest BCUT2D eigenvalue weighted by molar-refractivity contribution is 9.10. The van der Waals surface area contributed by atoms with Crippen LogP contribution in [0.3, 0.4) is 0 Å². The van der Waals surface area contributed by atoms with E-state index in [1.165, 1.54) is 4.88 Å². The molecule has 0 bridgehead atoms. The maximum absolute atomic E-state index is 8.99. The van der Waals surface area contributed by atoms with Crippen LogP contribution in [0.4, 0.5) is 5.69 Å². The molecule has 21 heavy (non-hydrogen) atoms. The number of oxime groups is 1. The molecule has 0 aromatic carbocycles. The van der Waals surface area contributed by atoms with Gasteiger partial charge in [0.25, 0.3) is 0 Å². The number of rotatable bonds is 4. The van der Waals surface area contributed by atoms with E-state index in [9.17, 15) is 0 Å². The maximum atomic E-state index is 8.99. The van der Waals surface area contributed by atoms with E-state index >= 15 is 0 Å². The fraction of sp³-hybridized carbons (Fsp3) is 0.286. The number of halogens is 1. The molecule has 112 valence electrons. The first-order valence-corrected chi connectivity index (χ1v) is 7.99. The summed E-state index contributed by atoms with van der Waals surface area (Å²) in [7, 11) is 1.98. The van der Waals surface area contributed by atoms with Crippen LogP contribution >= 0.6 is 27.3 Å². The van der Waals surface area contributed by atoms with Gasteiger partial charge in [0.1, 0.15) is 0 Å². The Hall–Kier alpha value is -1.60. The van der Waals surface area contributed by atoms with Crippen molar-refractivity contribution in [3.05, 3.63) is 43.8 Å². The Balaban J connectivity index is 2.41. The summed E-state index contributed by atoms with van der Waals surface area (Å²) in [6, 6.07) is 4.04. The van der Waals surface area contributed by atoms with Crippen molar-refractivity contribution in [2.75, 3.05) is 11.9 Å². The standard InChI is InChI=1S/C14H17BrN4OS/c1-8-4-12(13(9(2)17-8)14(16)18-20)19(3)6-11-5-10(15)7-21-11/h4-5,7,20H,6H2,1-3H3,(H2,16,18). The van der Waals surface area contributed by atoms with Crippen LogP contribution < -0.4 is 10.6 Å². The molecule has 2 rings (SSSR count). The summed E-state index contributed by atoms with van der Waals surface area (Å²) >= 11 is 5.15. The highest BCUT2D eigenvalue weighted by atomic mass is 79.9. The Kier molecular flexibility index (Phi) is 4.84. The van der Waals surface area contributed by atoms with Crippen molar-refractivity contribution in [3.8, 4) is 0 Å². The van der Waals surface area contributed by atoms with E-state index in [0.717, 1.165) is 28.1 Å². The summed E-state index contributed by atoms with van der Waals surface area (Å²) < 4.78 is 1.08. The van der Waals surface area contributed by atoms with Gasteiger partial charge in [0, 0.05) is 27.5 Å². The molecule has 0 aliphatic heterocycles. The number of hydrogen-bond donors (Lipinski definition) is 2. The molecule has 0 radical (unpaired) electrons. The fourth-order valence-electron chi connectivity index (χ4n) is 2.23. The van der Waals surface area contributed by atoms with Crippen LogP contribution in [-0.4, -0.2) is 23.1 Å². The highest BCUT2D eigenvalue weighted by Gasteiger charge is 2.16. The van der Waals surface area contributed by atoms with Crippen LogP contribution in [0.1, 0.15) is 21.8 Å². The van der Waals surface area contributed by atoms with Crippen molar-refractivity contribution in [1.29, 1.82) is 0 Å². The molecule has 0 fully saturated rings. The molecule has 0 aliphatic carbocycles. The first kappa shape index (κ1) is 15.8. The van der Waals surface area contributed by atoms with Crippen LogP contribution in [0.25, 0.3) is 0 Å². The van der Waals surface area contributed by atoms with Gasteiger partial charge in [-0.1, -0.05) is 5.16 Å². The van der Waals surface area contributed by atoms with Gasteiger partial charge < -0.3 is 15.8 Å². The molecule has 2 aromatic heterocycles. The predicted molar refractivity (Wildman–Crippen MR) is 90.3 cm³/mol. The van der Waals surface area contributed by atoms with Crippen LogP contribution in [-0.2, 0) is 6.54 Å². The van der Waals surface area contributed by atoms with Crippen LogP contribution in [0.15, 0.2) is 27.1 Å². The molecule has 0 unspecified atom stereocenters. The Morgan fingerprint density at radius 2 is 2.19 bits per heavy atom. The van der Waals surface area contributed by atoms with E-state index in [2.05, 4.69) is 42.4 Å². The third kappa shape index (κ3) is 3.54. The minimum atomic E-state index is 0.0780. The van der Waals surface area contributed by atoms with E-state index in [0.29, 0.717) is 5.56 Å². The van der Waals surface area contributed by atoms with Gasteiger partial charge in [0.05, 0.1) is 23.5 Å². The molecule has 0 saturated heterocycles. The Labute approximate surface area is 136 Å². The number of aromatic nitrogens is 1. The van der Waals surface area contributed by atoms with Crippen molar-refractivity contribution in [2.45, 2.75) is 20.4 Å². The molecule has 0 aliphatic rings. The topological polar surface area (TPSA) is 74.7 Å². The fourth-order valence-corrected chi connectivity index (χ4v) is 3.73. The quantitative estimate of drug-likeness (QED) is 0.376. The number of anilines is 1. The minimum Gasteiger partial charge on any atom is -0.409 e. The highest BCUT2D eigenvalue weighted by Crippen LogP contribution is 2.27. The van der Waals surface area contributed by atoms with Gasteiger partial charge >= 0.3 is 0 Å². The molecule has 5 nitrogen and oxygen atoms in total. The van der Waals surface area contributed by atoms with Gasteiger partial charge in [-0.3, -0.25) is 4.98 Å². The lowest BCUT2D eigenvalue weighted by atomic mass is 10.1. The van der Waals surface area contributed by atoms with Crippen LogP contribution in [0, 0.1) is 13.8 Å². The summed E-state index contributed by atoms with van der Waals surface area (Å²) in [5, 5.41) is 14.2. The summed E-state index contributed by atoms with van der Waals surface area (Å²) in [4.78, 5) is 7.69. The lowest BCUT2D eigenvalue weighted by Crippen LogP contribution is -2.24. The summed E-state index contributed by atoms with van der Waals surface area (Å²) in [5.41, 5.74) is 9.03. The van der Waals surface area contributed by atoms with Crippen molar-refractivity contribution >= 4 is 38.8 Å². The van der Waals surface area contributed by atoms with Gasteiger partial charge in [-0.15, -0.1) is 11.3 Å². The predicted octanol–water partition coefficient (Wildman–Crippen LogP) is 3.25. The smallest absolute Gasteiger partial charge is 0.174 e. The minimum absolute atomic E-state index is 0.0780. The number of nitrogens with two attached hydrogens (primary N) is 1. The molecular formula is C14H17BrN4OS. The van der Waals surface area contributed by atoms with Crippen molar-refractivity contribution in [1.82, 2.24) is 4.98 Å². The number of thiophene rings is 1. The van der Waals surface area contributed by atoms with Gasteiger partial charge in [-0.05, 0) is 41.9 Å². The number of nitrogens with zero attached hydrogens (tertiary/aromatic N) is 3. The molecule has 0 saturated carbocycles. The van der Waals surface area contributed by atoms with E-state index in [1.807, 2.05) is 27.0 Å². The second kappa shape index (κ2) is 6.44. The molecule has 2 heterocycles. The number of aryl methyl sites for hydroxylation is 2. The average Bonchev–Trinajstić information content (AvgIpc) is 2.82. The molecule has 0 amide bonds. The lowest BCUT2D eigenvalue weighted by molar-refractivity contribution is 0.318. The SMILES string of the molecule is Cc1cc(N(C)Cc2cc(Br)cs2)c(/C(N)=N/O)c(C)n1. The van der Waals surface area contributed by atoms with Gasteiger partial charge in [0.2, 0.25) is 0 Å². The van der Waals surface area contributed by atoms with Crippen molar-refractivity contribution < 1.29 is 5.21 Å². The summed E-state index contributed by atoms with van der Waals surface area (Å²) in [6.07, 6.45) is 0. The van der Waals surface area contributed by atoms with E-state index < -0.39 is 0 Å². The Morgan fingerprint density at radius 1 is 1.48 bits per heavy atom. The third-order valence-corrected chi connectivity index (χ3v) is 4.78. The van der Waals surface area contributed by atoms with E-state index in [-0.39, 0.29) is 5.84 Å².